The molecule has 0 bridgehead atoms. The maximum absolute atomic E-state index is 12.4. The lowest BCUT2D eigenvalue weighted by Gasteiger charge is -2.29. The maximum Gasteiger partial charge on any atom is 0.309 e. The largest absolute Gasteiger partial charge is 0.459 e. The Kier molecular flexibility index (Phi) is 7.57. The number of unbranched alkanes of at least 4 members (excludes halogenated alkanes) is 1. The molecule has 3 heteroatoms. The number of hydrogen-bond acceptors (Lipinski definition) is 3. The van der Waals surface area contributed by atoms with Crippen molar-refractivity contribution in [2.75, 3.05) is 0 Å². The zero-order chi connectivity index (χ0) is 16.6. The molecule has 1 aromatic rings. The molecule has 0 aliphatic heterocycles. The molecule has 1 heterocycles. The van der Waals surface area contributed by atoms with Crippen LogP contribution in [0.15, 0.2) is 24.4 Å². The molecular formula is C19H31NO2. The van der Waals surface area contributed by atoms with E-state index in [2.05, 4.69) is 39.6 Å². The predicted octanol–water partition coefficient (Wildman–Crippen LogP) is 5.00. The second-order valence-corrected chi connectivity index (χ2v) is 7.53. The highest BCUT2D eigenvalue weighted by Gasteiger charge is 2.32. The van der Waals surface area contributed by atoms with Crippen LogP contribution in [0.5, 0.6) is 0 Å². The first-order chi connectivity index (χ1) is 10.3. The summed E-state index contributed by atoms with van der Waals surface area (Å²) >= 11 is 0. The number of carbonyl (C=O) groups excluding carboxylic acids is 1. The molecule has 3 nitrogen and oxygen atoms in total. The van der Waals surface area contributed by atoms with Crippen molar-refractivity contribution in [2.45, 2.75) is 66.9 Å². The Bertz CT molecular complexity index is 434. The summed E-state index contributed by atoms with van der Waals surface area (Å²) in [5.41, 5.74) is 0.724. The molecule has 0 radical (unpaired) electrons. The van der Waals surface area contributed by atoms with Crippen molar-refractivity contribution in [1.29, 1.82) is 0 Å². The standard InChI is InChI=1S/C19H31NO2/c1-15(2)10-6-7-12-17(19(3,4)5)18(21)22-14-16-11-8-9-13-20-16/h8-9,11,13,15,17H,6-7,10,12,14H2,1-5H3. The van der Waals surface area contributed by atoms with Gasteiger partial charge in [-0.2, -0.15) is 0 Å². The summed E-state index contributed by atoms with van der Waals surface area (Å²) in [6.07, 6.45) is 6.10. The lowest BCUT2D eigenvalue weighted by Crippen LogP contribution is -2.30. The predicted molar refractivity (Wildman–Crippen MR) is 90.3 cm³/mol. The van der Waals surface area contributed by atoms with Gasteiger partial charge >= 0.3 is 5.97 Å². The van der Waals surface area contributed by atoms with E-state index in [1.54, 1.807) is 6.20 Å². The van der Waals surface area contributed by atoms with E-state index < -0.39 is 0 Å². The molecular weight excluding hydrogens is 274 g/mol. The van der Waals surface area contributed by atoms with Gasteiger partial charge in [0.2, 0.25) is 0 Å². The number of hydrogen-bond donors (Lipinski definition) is 0. The second kappa shape index (κ2) is 8.92. The van der Waals surface area contributed by atoms with Crippen LogP contribution >= 0.6 is 0 Å². The first-order valence-electron chi connectivity index (χ1n) is 8.37. The van der Waals surface area contributed by atoms with Crippen molar-refractivity contribution < 1.29 is 9.53 Å². The molecule has 0 aliphatic carbocycles. The third-order valence-corrected chi connectivity index (χ3v) is 3.94. The van der Waals surface area contributed by atoms with Gasteiger partial charge in [0.1, 0.15) is 6.61 Å². The third-order valence-electron chi connectivity index (χ3n) is 3.94. The van der Waals surface area contributed by atoms with Gasteiger partial charge in [0.05, 0.1) is 11.6 Å². The molecule has 22 heavy (non-hydrogen) atoms. The smallest absolute Gasteiger partial charge is 0.309 e. The van der Waals surface area contributed by atoms with Crippen molar-refractivity contribution in [1.82, 2.24) is 4.98 Å². The lowest BCUT2D eigenvalue weighted by molar-refractivity contribution is -0.154. The number of ether oxygens (including phenoxy) is 1. The van der Waals surface area contributed by atoms with E-state index in [0.29, 0.717) is 0 Å². The van der Waals surface area contributed by atoms with Gasteiger partial charge in [-0.05, 0) is 29.9 Å². The number of nitrogens with zero attached hydrogens (tertiary/aromatic N) is 1. The Morgan fingerprint density at radius 1 is 1.18 bits per heavy atom. The highest BCUT2D eigenvalue weighted by molar-refractivity contribution is 5.73. The molecule has 0 fully saturated rings. The van der Waals surface area contributed by atoms with Crippen LogP contribution in [0.4, 0.5) is 0 Å². The second-order valence-electron chi connectivity index (χ2n) is 7.53. The first kappa shape index (κ1) is 18.7. The summed E-state index contributed by atoms with van der Waals surface area (Å²) in [4.78, 5) is 16.6. The highest BCUT2D eigenvalue weighted by atomic mass is 16.5. The SMILES string of the molecule is CC(C)CCCCC(C(=O)OCc1ccccn1)C(C)(C)C. The van der Waals surface area contributed by atoms with Gasteiger partial charge in [-0.15, -0.1) is 0 Å². The Morgan fingerprint density at radius 3 is 2.41 bits per heavy atom. The summed E-state index contributed by atoms with van der Waals surface area (Å²) in [6, 6.07) is 5.64. The van der Waals surface area contributed by atoms with Gasteiger partial charge in [0.15, 0.2) is 0 Å². The van der Waals surface area contributed by atoms with Crippen LogP contribution in [0.25, 0.3) is 0 Å². The number of carbonyl (C=O) groups is 1. The topological polar surface area (TPSA) is 39.2 Å². The number of esters is 1. The molecule has 0 N–H and O–H groups in total. The molecule has 124 valence electrons. The maximum atomic E-state index is 12.4. The Hall–Kier alpha value is -1.38. The van der Waals surface area contributed by atoms with Crippen LogP contribution in [-0.2, 0) is 16.1 Å². The van der Waals surface area contributed by atoms with E-state index in [-0.39, 0.29) is 23.9 Å². The fourth-order valence-electron chi connectivity index (χ4n) is 2.53. The third kappa shape index (κ3) is 7.06. The summed E-state index contributed by atoms with van der Waals surface area (Å²) < 4.78 is 5.49. The Labute approximate surface area is 135 Å². The van der Waals surface area contributed by atoms with Gasteiger partial charge < -0.3 is 4.74 Å². The van der Waals surface area contributed by atoms with Crippen molar-refractivity contribution >= 4 is 5.97 Å². The monoisotopic (exact) mass is 305 g/mol. The average Bonchev–Trinajstić information content (AvgIpc) is 2.44. The fraction of sp³-hybridized carbons (Fsp3) is 0.684. The van der Waals surface area contributed by atoms with Crippen LogP contribution in [0.1, 0.15) is 66.0 Å². The summed E-state index contributed by atoms with van der Waals surface area (Å²) in [5, 5.41) is 0. The van der Waals surface area contributed by atoms with Crippen molar-refractivity contribution in [2.24, 2.45) is 17.3 Å². The van der Waals surface area contributed by atoms with E-state index in [1.165, 1.54) is 12.8 Å². The highest BCUT2D eigenvalue weighted by Crippen LogP contribution is 2.32. The molecule has 1 atom stereocenters. The molecule has 1 unspecified atom stereocenters. The average molecular weight is 305 g/mol. The molecule has 0 saturated heterocycles. The van der Waals surface area contributed by atoms with Crippen LogP contribution in [0.2, 0.25) is 0 Å². The Balaban J connectivity index is 2.50. The van der Waals surface area contributed by atoms with E-state index in [4.69, 9.17) is 4.74 Å². The van der Waals surface area contributed by atoms with E-state index >= 15 is 0 Å². The lowest BCUT2D eigenvalue weighted by atomic mass is 9.77. The minimum atomic E-state index is -0.0947. The van der Waals surface area contributed by atoms with Crippen LogP contribution < -0.4 is 0 Å². The summed E-state index contributed by atoms with van der Waals surface area (Å²) in [7, 11) is 0. The van der Waals surface area contributed by atoms with Crippen molar-refractivity contribution in [3.63, 3.8) is 0 Å². The summed E-state index contributed by atoms with van der Waals surface area (Å²) in [6.45, 7) is 11.1. The minimum absolute atomic E-state index is 0.0524. The molecule has 1 rings (SSSR count). The zero-order valence-electron chi connectivity index (χ0n) is 14.8. The quantitative estimate of drug-likeness (QED) is 0.501. The first-order valence-corrected chi connectivity index (χ1v) is 8.37. The van der Waals surface area contributed by atoms with E-state index in [1.807, 2.05) is 18.2 Å². The molecule has 0 saturated carbocycles. The zero-order valence-corrected chi connectivity index (χ0v) is 14.8. The molecule has 0 spiro atoms. The molecule has 0 aliphatic rings. The van der Waals surface area contributed by atoms with Crippen molar-refractivity contribution in [3.05, 3.63) is 30.1 Å². The number of pyridine rings is 1. The Morgan fingerprint density at radius 2 is 1.86 bits per heavy atom. The fourth-order valence-corrected chi connectivity index (χ4v) is 2.53. The molecule has 0 aromatic carbocycles. The van der Waals surface area contributed by atoms with Gasteiger partial charge in [0.25, 0.3) is 0 Å². The van der Waals surface area contributed by atoms with Crippen molar-refractivity contribution in [3.8, 4) is 0 Å². The molecule has 1 aromatic heterocycles. The normalized spacial score (nSPS) is 13.2. The van der Waals surface area contributed by atoms with Gasteiger partial charge in [-0.1, -0.05) is 59.9 Å². The summed E-state index contributed by atoms with van der Waals surface area (Å²) in [5.74, 6) is 0.579. The van der Waals surface area contributed by atoms with E-state index in [0.717, 1.165) is 24.5 Å². The van der Waals surface area contributed by atoms with Crippen LogP contribution in [0.3, 0.4) is 0 Å². The number of aromatic nitrogens is 1. The number of rotatable bonds is 8. The van der Waals surface area contributed by atoms with E-state index in [9.17, 15) is 4.79 Å². The minimum Gasteiger partial charge on any atom is -0.459 e. The van der Waals surface area contributed by atoms with Gasteiger partial charge in [0, 0.05) is 6.20 Å². The van der Waals surface area contributed by atoms with Crippen LogP contribution in [-0.4, -0.2) is 11.0 Å². The van der Waals surface area contributed by atoms with Gasteiger partial charge in [-0.25, -0.2) is 0 Å². The molecule has 0 amide bonds. The van der Waals surface area contributed by atoms with Crippen LogP contribution in [0, 0.1) is 17.3 Å². The van der Waals surface area contributed by atoms with Gasteiger partial charge in [-0.3, -0.25) is 9.78 Å².